The first-order valence-corrected chi connectivity index (χ1v) is 10.3. The fourth-order valence-electron chi connectivity index (χ4n) is 4.87. The molecule has 1 aromatic carbocycles. The first-order valence-electron chi connectivity index (χ1n) is 10.3. The molecule has 1 N–H and O–H groups in total. The molecule has 3 saturated heterocycles. The van der Waals surface area contributed by atoms with Crippen molar-refractivity contribution in [1.29, 1.82) is 0 Å². The highest BCUT2D eigenvalue weighted by Crippen LogP contribution is 2.32. The monoisotopic (exact) mass is 401 g/mol. The average Bonchev–Trinajstić information content (AvgIpc) is 3.33. The topological polar surface area (TPSA) is 91.2 Å². The number of Topliss-reactive ketones (excluding diaryl/α,β-unsaturated/α-hetero) is 2. The zero-order chi connectivity index (χ0) is 20.0. The van der Waals surface area contributed by atoms with Crippen molar-refractivity contribution in [3.63, 3.8) is 0 Å². The van der Waals surface area contributed by atoms with Crippen LogP contribution in [0, 0.1) is 4.91 Å². The van der Waals surface area contributed by atoms with E-state index < -0.39 is 17.9 Å². The third-order valence-electron chi connectivity index (χ3n) is 6.42. The highest BCUT2D eigenvalue weighted by atomic mass is 16.7. The van der Waals surface area contributed by atoms with Crippen LogP contribution >= 0.6 is 0 Å². The second kappa shape index (κ2) is 7.16. The number of likely N-dealkylation sites (tertiary alicyclic amines) is 1. The molecule has 1 aromatic rings. The minimum Gasteiger partial charge on any atom is -0.347 e. The third kappa shape index (κ3) is 3.13. The number of benzene rings is 1. The number of nitroso groups, excluding NO2 is 1. The van der Waals surface area contributed by atoms with Crippen LogP contribution < -0.4 is 5.43 Å². The maximum atomic E-state index is 13.0. The van der Waals surface area contributed by atoms with E-state index in [1.807, 2.05) is 0 Å². The summed E-state index contributed by atoms with van der Waals surface area (Å²) >= 11 is 0. The van der Waals surface area contributed by atoms with E-state index in [0.717, 1.165) is 38.9 Å². The van der Waals surface area contributed by atoms with Crippen LogP contribution in [-0.4, -0.2) is 83.7 Å². The first-order chi connectivity index (χ1) is 14.1. The highest BCUT2D eigenvalue weighted by molar-refractivity contribution is 6.19. The van der Waals surface area contributed by atoms with Crippen LogP contribution in [0.25, 0.3) is 0 Å². The van der Waals surface area contributed by atoms with Crippen molar-refractivity contribution in [2.45, 2.75) is 37.1 Å². The quantitative estimate of drug-likeness (QED) is 0.732. The minimum absolute atomic E-state index is 0.175. The number of hydrazine groups is 2. The van der Waals surface area contributed by atoms with Crippen molar-refractivity contribution in [2.24, 2.45) is 0 Å². The molecule has 154 valence electrons. The molecule has 0 radical (unpaired) electrons. The third-order valence-corrected chi connectivity index (χ3v) is 6.42. The van der Waals surface area contributed by atoms with Gasteiger partial charge >= 0.3 is 0 Å². The Hall–Kier alpha value is -2.36. The van der Waals surface area contributed by atoms with Crippen molar-refractivity contribution in [3.05, 3.63) is 40.3 Å². The molecule has 0 bridgehead atoms. The molecule has 1 aliphatic carbocycles. The summed E-state index contributed by atoms with van der Waals surface area (Å²) in [5.41, 5.74) is 3.43. The molecule has 2 atom stereocenters. The number of carbonyl (C=O) groups is 2. The largest absolute Gasteiger partial charge is 0.347 e. The molecule has 5 rings (SSSR count). The van der Waals surface area contributed by atoms with Gasteiger partial charge in [-0.05, 0) is 6.42 Å². The molecule has 0 saturated carbocycles. The Labute approximate surface area is 168 Å². The van der Waals surface area contributed by atoms with Gasteiger partial charge in [0.05, 0.1) is 24.7 Å². The molecule has 29 heavy (non-hydrogen) atoms. The van der Waals surface area contributed by atoms with E-state index in [1.54, 1.807) is 24.3 Å². The SMILES string of the molecule is O=C1c2ccccc2C(=O)C2C1N[N+](=O)N2CCCN1CCC2(CC1)OCCO2. The molecule has 3 fully saturated rings. The molecule has 4 aliphatic rings. The van der Waals surface area contributed by atoms with E-state index in [0.29, 0.717) is 35.9 Å². The lowest BCUT2D eigenvalue weighted by Gasteiger charge is -2.37. The van der Waals surface area contributed by atoms with Crippen molar-refractivity contribution < 1.29 is 24.0 Å². The second-order valence-corrected chi connectivity index (χ2v) is 8.06. The molecular formula is C20H25N4O5+. The minimum atomic E-state index is -0.818. The van der Waals surface area contributed by atoms with E-state index in [9.17, 15) is 14.5 Å². The van der Waals surface area contributed by atoms with Crippen LogP contribution in [0.2, 0.25) is 0 Å². The standard InChI is InChI=1S/C20H25N4O5/c25-18-14-4-1-2-5-15(14)19(26)17-16(18)21-24(27)23(17)9-3-8-22-10-6-20(7-11-22)28-12-13-29-20/h1-2,4-5,16-17H,3,6-13H2,(H,21,27)/q+1. The number of hydrogen-bond donors (Lipinski definition) is 1. The summed E-state index contributed by atoms with van der Waals surface area (Å²) in [4.78, 5) is 41.0. The van der Waals surface area contributed by atoms with Gasteiger partial charge in [0.15, 0.2) is 29.4 Å². The maximum absolute atomic E-state index is 13.0. The Bertz CT molecular complexity index is 843. The number of carbonyl (C=O) groups excluding carboxylic acids is 2. The van der Waals surface area contributed by atoms with Gasteiger partial charge in [-0.1, -0.05) is 29.3 Å². The van der Waals surface area contributed by atoms with Crippen LogP contribution in [0.1, 0.15) is 40.0 Å². The zero-order valence-electron chi connectivity index (χ0n) is 16.2. The Morgan fingerprint density at radius 3 is 2.38 bits per heavy atom. The van der Waals surface area contributed by atoms with Gasteiger partial charge in [-0.25, -0.2) is 0 Å². The van der Waals surface area contributed by atoms with E-state index in [4.69, 9.17) is 9.47 Å². The lowest BCUT2D eigenvalue weighted by Crippen LogP contribution is -2.51. The van der Waals surface area contributed by atoms with E-state index >= 15 is 0 Å². The van der Waals surface area contributed by atoms with Crippen LogP contribution in [0.5, 0.6) is 0 Å². The average molecular weight is 401 g/mol. The van der Waals surface area contributed by atoms with E-state index in [-0.39, 0.29) is 11.6 Å². The molecule has 3 heterocycles. The maximum Gasteiger partial charge on any atom is 0.250 e. The van der Waals surface area contributed by atoms with Gasteiger partial charge in [0.1, 0.15) is 0 Å². The van der Waals surface area contributed by atoms with Gasteiger partial charge in [-0.15, -0.1) is 5.43 Å². The van der Waals surface area contributed by atoms with Crippen LogP contribution in [-0.2, 0) is 9.47 Å². The number of ketones is 2. The number of hydrogen-bond acceptors (Lipinski definition) is 6. The molecule has 0 aromatic heterocycles. The van der Waals surface area contributed by atoms with Gasteiger partial charge in [0, 0.05) is 43.6 Å². The zero-order valence-corrected chi connectivity index (χ0v) is 16.2. The van der Waals surface area contributed by atoms with Crippen molar-refractivity contribution in [3.8, 4) is 0 Å². The van der Waals surface area contributed by atoms with E-state index in [1.165, 1.54) is 5.01 Å². The Morgan fingerprint density at radius 2 is 1.69 bits per heavy atom. The summed E-state index contributed by atoms with van der Waals surface area (Å²) in [7, 11) is 0. The number of nitrogens with zero attached hydrogens (tertiary/aromatic N) is 3. The number of nitrogens with one attached hydrogen (secondary N) is 1. The molecule has 9 heteroatoms. The number of rotatable bonds is 4. The molecule has 2 unspecified atom stereocenters. The Kier molecular flexibility index (Phi) is 4.60. The Morgan fingerprint density at radius 1 is 1.03 bits per heavy atom. The van der Waals surface area contributed by atoms with Crippen molar-refractivity contribution in [2.75, 3.05) is 39.4 Å². The number of fused-ring (bicyclic) bond motifs is 2. The van der Waals surface area contributed by atoms with Gasteiger partial charge < -0.3 is 14.4 Å². The lowest BCUT2D eigenvalue weighted by molar-refractivity contribution is -0.732. The van der Waals surface area contributed by atoms with Crippen molar-refractivity contribution >= 4 is 11.6 Å². The summed E-state index contributed by atoms with van der Waals surface area (Å²) in [6.07, 6.45) is 2.42. The van der Waals surface area contributed by atoms with Gasteiger partial charge in [-0.3, -0.25) is 9.59 Å². The smallest absolute Gasteiger partial charge is 0.250 e. The molecule has 9 nitrogen and oxygen atoms in total. The van der Waals surface area contributed by atoms with Crippen LogP contribution in [0.4, 0.5) is 0 Å². The predicted molar refractivity (Wildman–Crippen MR) is 101 cm³/mol. The Balaban J connectivity index is 1.20. The fraction of sp³-hybridized carbons (Fsp3) is 0.600. The summed E-state index contributed by atoms with van der Waals surface area (Å²) in [6, 6.07) is 5.19. The summed E-state index contributed by atoms with van der Waals surface area (Å²) in [6.45, 7) is 4.33. The van der Waals surface area contributed by atoms with Crippen LogP contribution in [0.3, 0.4) is 0 Å². The van der Waals surface area contributed by atoms with Crippen LogP contribution in [0.15, 0.2) is 24.3 Å². The van der Waals surface area contributed by atoms with Gasteiger partial charge in [0.25, 0.3) is 0 Å². The molecule has 3 aliphatic heterocycles. The highest BCUT2D eigenvalue weighted by Gasteiger charge is 2.57. The molecular weight excluding hydrogens is 376 g/mol. The second-order valence-electron chi connectivity index (χ2n) is 8.06. The van der Waals surface area contributed by atoms with Gasteiger partial charge in [-0.2, -0.15) is 0 Å². The number of ether oxygens (including phenoxy) is 2. The fourth-order valence-corrected chi connectivity index (χ4v) is 4.87. The summed E-state index contributed by atoms with van der Waals surface area (Å²) in [5, 5.41) is 1.45. The molecule has 1 spiro atoms. The van der Waals surface area contributed by atoms with Crippen molar-refractivity contribution in [1.82, 2.24) is 15.3 Å². The summed E-state index contributed by atoms with van der Waals surface area (Å²) < 4.78 is 11.5. The summed E-state index contributed by atoms with van der Waals surface area (Å²) in [5.74, 6) is -0.769. The first kappa shape index (κ1) is 18.7. The van der Waals surface area contributed by atoms with E-state index in [2.05, 4.69) is 10.3 Å². The lowest BCUT2D eigenvalue weighted by atomic mass is 9.83. The normalized spacial score (nSPS) is 28.6. The predicted octanol–water partition coefficient (Wildman–Crippen LogP) is 0.546. The van der Waals surface area contributed by atoms with Gasteiger partial charge in [0.2, 0.25) is 4.98 Å². The number of piperidine rings is 1. The molecule has 0 amide bonds.